The third kappa shape index (κ3) is 2.80. The van der Waals surface area contributed by atoms with Crippen molar-refractivity contribution in [1.29, 1.82) is 5.26 Å². The van der Waals surface area contributed by atoms with Crippen LogP contribution >= 0.6 is 0 Å². The van der Waals surface area contributed by atoms with E-state index < -0.39 is 0 Å². The third-order valence-electron chi connectivity index (χ3n) is 4.20. The highest BCUT2D eigenvalue weighted by Gasteiger charge is 2.35. The molecule has 0 saturated heterocycles. The summed E-state index contributed by atoms with van der Waals surface area (Å²) in [4.78, 5) is 25.9. The van der Waals surface area contributed by atoms with Crippen LogP contribution in [0.4, 0.5) is 0 Å². The molecule has 0 fully saturated rings. The molecule has 2 aromatic rings. The zero-order chi connectivity index (χ0) is 17.3. The highest BCUT2D eigenvalue weighted by molar-refractivity contribution is 6.21. The average Bonchev–Trinajstić information content (AvgIpc) is 2.80. The molecular weight excluding hydrogens is 302 g/mol. The molecule has 24 heavy (non-hydrogen) atoms. The third-order valence-corrected chi connectivity index (χ3v) is 4.20. The Bertz CT molecular complexity index is 832. The van der Waals surface area contributed by atoms with Crippen molar-refractivity contribution < 1.29 is 9.59 Å². The molecule has 120 valence electrons. The van der Waals surface area contributed by atoms with Gasteiger partial charge in [0, 0.05) is 12.6 Å². The molecule has 2 amide bonds. The number of fused-ring (bicyclic) bond motifs is 1. The van der Waals surface area contributed by atoms with Crippen LogP contribution in [0.5, 0.6) is 0 Å². The lowest BCUT2D eigenvalue weighted by Gasteiger charge is -2.19. The number of amides is 2. The summed E-state index contributed by atoms with van der Waals surface area (Å²) in [7, 11) is 0. The highest BCUT2D eigenvalue weighted by atomic mass is 16.2. The molecule has 5 heteroatoms. The summed E-state index contributed by atoms with van der Waals surface area (Å²) in [6.07, 6.45) is 0.528. The van der Waals surface area contributed by atoms with Crippen LogP contribution in [0.2, 0.25) is 0 Å². The maximum absolute atomic E-state index is 12.3. The van der Waals surface area contributed by atoms with Crippen molar-refractivity contribution in [1.82, 2.24) is 4.90 Å². The minimum absolute atomic E-state index is 0.172. The van der Waals surface area contributed by atoms with Crippen molar-refractivity contribution in [3.8, 4) is 6.07 Å². The Morgan fingerprint density at radius 2 is 1.75 bits per heavy atom. The first-order chi connectivity index (χ1) is 11.5. The molecule has 2 aromatic carbocycles. The van der Waals surface area contributed by atoms with Gasteiger partial charge in [0.15, 0.2) is 0 Å². The second kappa shape index (κ2) is 6.26. The molecule has 0 aliphatic carbocycles. The van der Waals surface area contributed by atoms with Crippen LogP contribution in [-0.4, -0.2) is 29.3 Å². The van der Waals surface area contributed by atoms with E-state index in [4.69, 9.17) is 11.0 Å². The zero-order valence-corrected chi connectivity index (χ0v) is 13.3. The Labute approximate surface area is 140 Å². The van der Waals surface area contributed by atoms with Crippen LogP contribution in [0.1, 0.15) is 37.4 Å². The molecule has 2 N–H and O–H groups in total. The van der Waals surface area contributed by atoms with Gasteiger partial charge in [-0.05, 0) is 42.7 Å². The molecule has 0 saturated carbocycles. The second-order valence-electron chi connectivity index (χ2n) is 5.99. The van der Waals surface area contributed by atoms with Crippen LogP contribution in [0.3, 0.4) is 0 Å². The number of nitrogens with zero attached hydrogens (tertiary/aromatic N) is 2. The fourth-order valence-electron chi connectivity index (χ4n) is 2.98. The standard InChI is InChI=1S/C19H17N3O2/c1-12-8-13(6-7-14(12)10-20)9-15(21)11-22-18(23)16-4-2-3-5-17(16)19(22)24/h2-8,15H,9,11,21H2,1H3. The molecule has 0 bridgehead atoms. The number of carbonyl (C=O) groups is 2. The van der Waals surface area contributed by atoms with E-state index in [1.54, 1.807) is 30.3 Å². The minimum atomic E-state index is -0.362. The SMILES string of the molecule is Cc1cc(CC(N)CN2C(=O)c3ccccc3C2=O)ccc1C#N. The molecular formula is C19H17N3O2. The van der Waals surface area contributed by atoms with E-state index in [1.807, 2.05) is 19.1 Å². The fourth-order valence-corrected chi connectivity index (χ4v) is 2.98. The number of imide groups is 1. The van der Waals surface area contributed by atoms with Crippen molar-refractivity contribution in [3.63, 3.8) is 0 Å². The summed E-state index contributed by atoms with van der Waals surface area (Å²) < 4.78 is 0. The lowest BCUT2D eigenvalue weighted by atomic mass is 10.0. The zero-order valence-electron chi connectivity index (χ0n) is 13.3. The number of hydrogen-bond acceptors (Lipinski definition) is 4. The van der Waals surface area contributed by atoms with E-state index >= 15 is 0 Å². The maximum Gasteiger partial charge on any atom is 0.261 e. The van der Waals surface area contributed by atoms with Crippen LogP contribution < -0.4 is 5.73 Å². The van der Waals surface area contributed by atoms with E-state index in [0.29, 0.717) is 23.1 Å². The van der Waals surface area contributed by atoms with Gasteiger partial charge < -0.3 is 5.73 Å². The number of hydrogen-bond donors (Lipinski definition) is 1. The number of carbonyl (C=O) groups excluding carboxylic acids is 2. The van der Waals surface area contributed by atoms with E-state index in [1.165, 1.54) is 4.90 Å². The number of aryl methyl sites for hydroxylation is 1. The molecule has 1 aliphatic heterocycles. The average molecular weight is 319 g/mol. The predicted molar refractivity (Wildman–Crippen MR) is 89.4 cm³/mol. The van der Waals surface area contributed by atoms with Gasteiger partial charge in [0.1, 0.15) is 0 Å². The summed E-state index contributed by atoms with van der Waals surface area (Å²) >= 11 is 0. The smallest absolute Gasteiger partial charge is 0.261 e. The van der Waals surface area contributed by atoms with Gasteiger partial charge in [0.05, 0.1) is 22.8 Å². The molecule has 1 aliphatic rings. The monoisotopic (exact) mass is 319 g/mol. The van der Waals surface area contributed by atoms with E-state index in [9.17, 15) is 9.59 Å². The van der Waals surface area contributed by atoms with Gasteiger partial charge in [-0.25, -0.2) is 0 Å². The summed E-state index contributed by atoms with van der Waals surface area (Å²) in [5.41, 5.74) is 9.53. The highest BCUT2D eigenvalue weighted by Crippen LogP contribution is 2.22. The largest absolute Gasteiger partial charge is 0.326 e. The lowest BCUT2D eigenvalue weighted by molar-refractivity contribution is 0.0644. The number of benzene rings is 2. The van der Waals surface area contributed by atoms with Crippen molar-refractivity contribution in [2.24, 2.45) is 5.73 Å². The maximum atomic E-state index is 12.3. The topological polar surface area (TPSA) is 87.2 Å². The molecule has 0 radical (unpaired) electrons. The summed E-state index contributed by atoms with van der Waals surface area (Å²) in [6.45, 7) is 2.04. The summed E-state index contributed by atoms with van der Waals surface area (Å²) in [5, 5.41) is 8.97. The van der Waals surface area contributed by atoms with Crippen molar-refractivity contribution in [2.75, 3.05) is 6.54 Å². The number of rotatable bonds is 4. The van der Waals surface area contributed by atoms with E-state index in [2.05, 4.69) is 6.07 Å². The van der Waals surface area contributed by atoms with Crippen LogP contribution in [-0.2, 0) is 6.42 Å². The first-order valence-corrected chi connectivity index (χ1v) is 7.71. The lowest BCUT2D eigenvalue weighted by Crippen LogP contribution is -2.41. The molecule has 0 aromatic heterocycles. The predicted octanol–water partition coefficient (Wildman–Crippen LogP) is 2.03. The number of nitriles is 1. The van der Waals surface area contributed by atoms with Gasteiger partial charge in [-0.2, -0.15) is 5.26 Å². The molecule has 5 nitrogen and oxygen atoms in total. The van der Waals surface area contributed by atoms with Crippen molar-refractivity contribution in [3.05, 3.63) is 70.3 Å². The van der Waals surface area contributed by atoms with Crippen LogP contribution in [0, 0.1) is 18.3 Å². The Balaban J connectivity index is 1.71. The normalized spacial score (nSPS) is 14.5. The first kappa shape index (κ1) is 15.9. The second-order valence-corrected chi connectivity index (χ2v) is 5.99. The quantitative estimate of drug-likeness (QED) is 0.874. The van der Waals surface area contributed by atoms with E-state index in [0.717, 1.165) is 11.1 Å². The van der Waals surface area contributed by atoms with Crippen LogP contribution in [0.15, 0.2) is 42.5 Å². The number of nitrogens with two attached hydrogens (primary N) is 1. The van der Waals surface area contributed by atoms with Crippen molar-refractivity contribution in [2.45, 2.75) is 19.4 Å². The van der Waals surface area contributed by atoms with E-state index in [-0.39, 0.29) is 24.4 Å². The van der Waals surface area contributed by atoms with Gasteiger partial charge in [0.25, 0.3) is 11.8 Å². The molecule has 1 unspecified atom stereocenters. The molecule has 1 atom stereocenters. The van der Waals surface area contributed by atoms with Crippen LogP contribution in [0.25, 0.3) is 0 Å². The summed E-state index contributed by atoms with van der Waals surface area (Å²) in [6, 6.07) is 14.1. The molecule has 0 spiro atoms. The van der Waals surface area contributed by atoms with Gasteiger partial charge in [0.2, 0.25) is 0 Å². The first-order valence-electron chi connectivity index (χ1n) is 7.71. The van der Waals surface area contributed by atoms with Gasteiger partial charge in [-0.15, -0.1) is 0 Å². The van der Waals surface area contributed by atoms with Gasteiger partial charge in [-0.1, -0.05) is 24.3 Å². The fraction of sp³-hybridized carbons (Fsp3) is 0.211. The Hall–Kier alpha value is -2.97. The Morgan fingerprint density at radius 1 is 1.12 bits per heavy atom. The minimum Gasteiger partial charge on any atom is -0.326 e. The Morgan fingerprint density at radius 3 is 2.29 bits per heavy atom. The molecule has 1 heterocycles. The Kier molecular flexibility index (Phi) is 4.15. The summed E-state index contributed by atoms with van der Waals surface area (Å²) in [5.74, 6) is -0.580. The van der Waals surface area contributed by atoms with Gasteiger partial charge in [-0.3, -0.25) is 14.5 Å². The van der Waals surface area contributed by atoms with Gasteiger partial charge >= 0.3 is 0 Å². The molecule has 3 rings (SSSR count). The van der Waals surface area contributed by atoms with Crippen molar-refractivity contribution >= 4 is 11.8 Å².